The average Bonchev–Trinajstić information content (AvgIpc) is 3.05. The summed E-state index contributed by atoms with van der Waals surface area (Å²) in [5.41, 5.74) is 4.75. The fourth-order valence-corrected chi connectivity index (χ4v) is 3.28. The zero-order valence-electron chi connectivity index (χ0n) is 15.3. The molecule has 0 aliphatic carbocycles. The van der Waals surface area contributed by atoms with E-state index in [1.54, 1.807) is 6.20 Å². The number of amides is 1. The highest BCUT2D eigenvalue weighted by Gasteiger charge is 2.32. The van der Waals surface area contributed by atoms with Crippen LogP contribution >= 0.6 is 15.9 Å². The number of carbonyl (C=O) groups excluding carboxylic acids is 1. The summed E-state index contributed by atoms with van der Waals surface area (Å²) in [4.78, 5) is 13.2. The highest BCUT2D eigenvalue weighted by atomic mass is 79.9. The van der Waals surface area contributed by atoms with E-state index in [1.807, 2.05) is 85.8 Å². The largest absolute Gasteiger partial charge is 0.361 e. The smallest absolute Gasteiger partial charge is 0.282 e. The molecule has 0 saturated carbocycles. The van der Waals surface area contributed by atoms with Gasteiger partial charge < -0.3 is 5.32 Å². The van der Waals surface area contributed by atoms with Crippen molar-refractivity contribution in [1.29, 1.82) is 0 Å². The molecule has 1 aliphatic rings. The van der Waals surface area contributed by atoms with Crippen molar-refractivity contribution in [2.75, 3.05) is 10.3 Å². The van der Waals surface area contributed by atoms with Crippen molar-refractivity contribution in [3.8, 4) is 0 Å². The SMILES string of the molecule is Cc1ccccc1N1N=C(c2ccccc2)C(=CNc2ccc(Br)cc2)C1=O. The molecule has 1 N–H and O–H groups in total. The Kier molecular flexibility index (Phi) is 5.08. The number of nitrogens with zero attached hydrogens (tertiary/aromatic N) is 2. The second-order valence-electron chi connectivity index (χ2n) is 6.43. The standard InChI is InChI=1S/C23H18BrN3O/c1-16-7-5-6-10-21(16)27-23(28)20(15-25-19-13-11-18(24)12-14-19)22(26-27)17-8-3-2-4-9-17/h2-15,25H,1H3. The van der Waals surface area contributed by atoms with Crippen molar-refractivity contribution in [2.45, 2.75) is 6.92 Å². The van der Waals surface area contributed by atoms with Crippen LogP contribution in [-0.4, -0.2) is 11.6 Å². The lowest BCUT2D eigenvalue weighted by Gasteiger charge is -2.14. The zero-order valence-corrected chi connectivity index (χ0v) is 16.8. The van der Waals surface area contributed by atoms with E-state index in [9.17, 15) is 4.79 Å². The number of carbonyl (C=O) groups is 1. The van der Waals surface area contributed by atoms with Gasteiger partial charge in [0, 0.05) is 21.9 Å². The van der Waals surface area contributed by atoms with Crippen LogP contribution in [-0.2, 0) is 4.79 Å². The Hall–Kier alpha value is -3.18. The Balaban J connectivity index is 1.74. The van der Waals surface area contributed by atoms with Crippen molar-refractivity contribution >= 4 is 38.9 Å². The zero-order chi connectivity index (χ0) is 19.5. The van der Waals surface area contributed by atoms with Gasteiger partial charge in [-0.1, -0.05) is 64.5 Å². The molecule has 0 atom stereocenters. The van der Waals surface area contributed by atoms with Crippen LogP contribution in [0.2, 0.25) is 0 Å². The van der Waals surface area contributed by atoms with E-state index in [0.717, 1.165) is 27.0 Å². The monoisotopic (exact) mass is 431 g/mol. The molecule has 28 heavy (non-hydrogen) atoms. The van der Waals surface area contributed by atoms with Gasteiger partial charge in [0.05, 0.1) is 11.3 Å². The number of halogens is 1. The second kappa shape index (κ2) is 7.82. The van der Waals surface area contributed by atoms with Gasteiger partial charge in [0.25, 0.3) is 5.91 Å². The fourth-order valence-electron chi connectivity index (χ4n) is 3.02. The predicted molar refractivity (Wildman–Crippen MR) is 117 cm³/mol. The maximum Gasteiger partial charge on any atom is 0.282 e. The number of rotatable bonds is 4. The van der Waals surface area contributed by atoms with E-state index in [4.69, 9.17) is 0 Å². The molecule has 0 bridgehead atoms. The molecule has 0 radical (unpaired) electrons. The summed E-state index contributed by atoms with van der Waals surface area (Å²) in [6, 6.07) is 25.3. The molecule has 0 aromatic heterocycles. The Morgan fingerprint density at radius 2 is 1.61 bits per heavy atom. The minimum Gasteiger partial charge on any atom is -0.361 e. The Bertz CT molecular complexity index is 1070. The molecule has 5 heteroatoms. The van der Waals surface area contributed by atoms with Gasteiger partial charge in [-0.05, 0) is 42.8 Å². The summed E-state index contributed by atoms with van der Waals surface area (Å²) in [6.07, 6.45) is 1.73. The molecule has 4 rings (SSSR count). The first-order valence-electron chi connectivity index (χ1n) is 8.90. The number of para-hydroxylation sites is 1. The first-order chi connectivity index (χ1) is 13.6. The molecule has 0 fully saturated rings. The minimum absolute atomic E-state index is 0.155. The molecule has 1 heterocycles. The summed E-state index contributed by atoms with van der Waals surface area (Å²) in [5.74, 6) is -0.155. The van der Waals surface area contributed by atoms with Crippen LogP contribution in [0.15, 0.2) is 100 Å². The number of benzene rings is 3. The minimum atomic E-state index is -0.155. The number of hydrogen-bond donors (Lipinski definition) is 1. The van der Waals surface area contributed by atoms with Crippen LogP contribution in [0.1, 0.15) is 11.1 Å². The van der Waals surface area contributed by atoms with Gasteiger partial charge >= 0.3 is 0 Å². The maximum absolute atomic E-state index is 13.2. The predicted octanol–water partition coefficient (Wildman–Crippen LogP) is 5.50. The number of nitrogens with one attached hydrogen (secondary N) is 1. The molecular formula is C23H18BrN3O. The van der Waals surface area contributed by atoms with Crippen LogP contribution in [0.5, 0.6) is 0 Å². The summed E-state index contributed by atoms with van der Waals surface area (Å²) in [6.45, 7) is 1.97. The highest BCUT2D eigenvalue weighted by molar-refractivity contribution is 9.10. The number of aryl methyl sites for hydroxylation is 1. The van der Waals surface area contributed by atoms with E-state index < -0.39 is 0 Å². The van der Waals surface area contributed by atoms with Gasteiger partial charge in [0.1, 0.15) is 5.71 Å². The number of hydrogen-bond acceptors (Lipinski definition) is 3. The van der Waals surface area contributed by atoms with Crippen molar-refractivity contribution < 1.29 is 4.79 Å². The maximum atomic E-state index is 13.2. The summed E-state index contributed by atoms with van der Waals surface area (Å²) in [5, 5.41) is 9.36. The van der Waals surface area contributed by atoms with Crippen LogP contribution in [0.4, 0.5) is 11.4 Å². The van der Waals surface area contributed by atoms with E-state index in [1.165, 1.54) is 5.01 Å². The van der Waals surface area contributed by atoms with Crippen molar-refractivity contribution in [1.82, 2.24) is 0 Å². The summed E-state index contributed by atoms with van der Waals surface area (Å²) < 4.78 is 1.000. The number of hydrazone groups is 1. The van der Waals surface area contributed by atoms with Gasteiger partial charge in [0.2, 0.25) is 0 Å². The Morgan fingerprint density at radius 1 is 0.929 bits per heavy atom. The number of anilines is 2. The average molecular weight is 432 g/mol. The molecule has 4 nitrogen and oxygen atoms in total. The summed E-state index contributed by atoms with van der Waals surface area (Å²) in [7, 11) is 0. The van der Waals surface area contributed by atoms with Crippen LogP contribution in [0, 0.1) is 6.92 Å². The Labute approximate surface area is 172 Å². The molecule has 1 amide bonds. The fraction of sp³-hybridized carbons (Fsp3) is 0.0435. The van der Waals surface area contributed by atoms with Gasteiger partial charge in [-0.25, -0.2) is 0 Å². The lowest BCUT2D eigenvalue weighted by atomic mass is 10.0. The van der Waals surface area contributed by atoms with Crippen LogP contribution in [0.25, 0.3) is 0 Å². The third-order valence-electron chi connectivity index (χ3n) is 4.50. The van der Waals surface area contributed by atoms with E-state index >= 15 is 0 Å². The van der Waals surface area contributed by atoms with E-state index in [2.05, 4.69) is 26.3 Å². The molecule has 3 aromatic rings. The van der Waals surface area contributed by atoms with Gasteiger partial charge in [-0.15, -0.1) is 0 Å². The Morgan fingerprint density at radius 3 is 2.32 bits per heavy atom. The van der Waals surface area contributed by atoms with Gasteiger partial charge in [0.15, 0.2) is 0 Å². The van der Waals surface area contributed by atoms with E-state index in [0.29, 0.717) is 11.3 Å². The topological polar surface area (TPSA) is 44.7 Å². The molecule has 3 aromatic carbocycles. The lowest BCUT2D eigenvalue weighted by molar-refractivity contribution is -0.114. The third-order valence-corrected chi connectivity index (χ3v) is 5.02. The molecule has 0 saturated heterocycles. The molecular weight excluding hydrogens is 414 g/mol. The molecule has 0 unspecified atom stereocenters. The third kappa shape index (κ3) is 3.62. The van der Waals surface area contributed by atoms with Gasteiger partial charge in [-0.2, -0.15) is 10.1 Å². The molecule has 0 spiro atoms. The normalized spacial score (nSPS) is 15.1. The van der Waals surface area contributed by atoms with Gasteiger partial charge in [-0.3, -0.25) is 4.79 Å². The van der Waals surface area contributed by atoms with Crippen LogP contribution < -0.4 is 10.3 Å². The quantitative estimate of drug-likeness (QED) is 0.553. The highest BCUT2D eigenvalue weighted by Crippen LogP contribution is 2.28. The first kappa shape index (κ1) is 18.2. The van der Waals surface area contributed by atoms with Crippen molar-refractivity contribution in [3.63, 3.8) is 0 Å². The molecule has 1 aliphatic heterocycles. The second-order valence-corrected chi connectivity index (χ2v) is 7.34. The van der Waals surface area contributed by atoms with Crippen molar-refractivity contribution in [3.05, 3.63) is 106 Å². The van der Waals surface area contributed by atoms with Crippen LogP contribution in [0.3, 0.4) is 0 Å². The molecule has 138 valence electrons. The first-order valence-corrected chi connectivity index (χ1v) is 9.69. The van der Waals surface area contributed by atoms with Crippen molar-refractivity contribution in [2.24, 2.45) is 5.10 Å². The summed E-state index contributed by atoms with van der Waals surface area (Å²) >= 11 is 3.43. The van der Waals surface area contributed by atoms with E-state index in [-0.39, 0.29) is 5.91 Å². The lowest BCUT2D eigenvalue weighted by Crippen LogP contribution is -2.22.